The summed E-state index contributed by atoms with van der Waals surface area (Å²) in [5.74, 6) is -0.536. The van der Waals surface area contributed by atoms with Crippen molar-refractivity contribution < 1.29 is 14.5 Å². The largest absolute Gasteiger partial charge is 0.284 e. The van der Waals surface area contributed by atoms with Gasteiger partial charge in [-0.3, -0.25) is 24.6 Å². The topological polar surface area (TPSA) is 80.5 Å². The fraction of sp³-hybridized carbons (Fsp3) is 0.385. The summed E-state index contributed by atoms with van der Waals surface area (Å²) >= 11 is 3.08. The van der Waals surface area contributed by atoms with Gasteiger partial charge < -0.3 is 0 Å². The fourth-order valence-corrected chi connectivity index (χ4v) is 2.80. The average Bonchev–Trinajstić information content (AvgIpc) is 2.79. The number of nitro groups is 1. The SMILES string of the molecule is CCC1CC(=O)N(C(=O)c2cccc([N+](=O)[O-])c2Br)C1. The molecule has 20 heavy (non-hydrogen) atoms. The predicted molar refractivity (Wildman–Crippen MR) is 75.2 cm³/mol. The molecule has 0 aliphatic carbocycles. The zero-order chi connectivity index (χ0) is 14.9. The molecule has 0 bridgehead atoms. The van der Waals surface area contributed by atoms with Gasteiger partial charge in [0, 0.05) is 19.0 Å². The highest BCUT2D eigenvalue weighted by Gasteiger charge is 2.34. The number of likely N-dealkylation sites (tertiary alicyclic amines) is 1. The molecule has 0 saturated carbocycles. The first kappa shape index (κ1) is 14.6. The Morgan fingerprint density at radius 3 is 2.80 bits per heavy atom. The standard InChI is InChI=1S/C13H13BrN2O4/c1-2-8-6-11(17)15(7-8)13(18)9-4-3-5-10(12(9)14)16(19)20/h3-5,8H,2,6-7H2,1H3. The van der Waals surface area contributed by atoms with Gasteiger partial charge in [0.05, 0.1) is 10.5 Å². The molecule has 7 heteroatoms. The Hall–Kier alpha value is -1.76. The number of carbonyl (C=O) groups excluding carboxylic acids is 2. The van der Waals surface area contributed by atoms with E-state index >= 15 is 0 Å². The van der Waals surface area contributed by atoms with Gasteiger partial charge in [0.25, 0.3) is 11.6 Å². The number of rotatable bonds is 3. The fourth-order valence-electron chi connectivity index (χ4n) is 2.22. The van der Waals surface area contributed by atoms with Crippen LogP contribution in [-0.4, -0.2) is 28.2 Å². The lowest BCUT2D eigenvalue weighted by atomic mass is 10.1. The second-order valence-electron chi connectivity index (χ2n) is 4.68. The molecule has 0 N–H and O–H groups in total. The molecule has 1 atom stereocenters. The number of benzene rings is 1. The van der Waals surface area contributed by atoms with Crippen molar-refractivity contribution in [2.45, 2.75) is 19.8 Å². The molecule has 6 nitrogen and oxygen atoms in total. The van der Waals surface area contributed by atoms with Crippen molar-refractivity contribution in [3.8, 4) is 0 Å². The number of halogens is 1. The Bertz CT molecular complexity index is 588. The summed E-state index contributed by atoms with van der Waals surface area (Å²) in [4.78, 5) is 35.7. The maximum Gasteiger partial charge on any atom is 0.284 e. The smallest absolute Gasteiger partial charge is 0.278 e. The van der Waals surface area contributed by atoms with Crippen molar-refractivity contribution in [2.75, 3.05) is 6.54 Å². The summed E-state index contributed by atoms with van der Waals surface area (Å²) in [6.45, 7) is 2.35. The number of amides is 2. The molecule has 0 spiro atoms. The van der Waals surface area contributed by atoms with Gasteiger partial charge in [-0.25, -0.2) is 0 Å². The molecule has 2 amide bonds. The Kier molecular flexibility index (Phi) is 4.17. The van der Waals surface area contributed by atoms with Crippen molar-refractivity contribution in [3.63, 3.8) is 0 Å². The summed E-state index contributed by atoms with van der Waals surface area (Å²) in [7, 11) is 0. The van der Waals surface area contributed by atoms with E-state index in [1.807, 2.05) is 6.92 Å². The molecule has 1 aromatic rings. The van der Waals surface area contributed by atoms with E-state index in [2.05, 4.69) is 15.9 Å². The lowest BCUT2D eigenvalue weighted by Gasteiger charge is -2.15. The van der Waals surface area contributed by atoms with E-state index in [1.54, 1.807) is 0 Å². The van der Waals surface area contributed by atoms with Crippen LogP contribution in [0.5, 0.6) is 0 Å². The van der Waals surface area contributed by atoms with Gasteiger partial charge >= 0.3 is 0 Å². The average molecular weight is 341 g/mol. The van der Waals surface area contributed by atoms with E-state index in [0.29, 0.717) is 13.0 Å². The molecule has 1 aliphatic rings. The van der Waals surface area contributed by atoms with E-state index in [1.165, 1.54) is 23.1 Å². The van der Waals surface area contributed by atoms with Crippen molar-refractivity contribution in [3.05, 3.63) is 38.3 Å². The van der Waals surface area contributed by atoms with Gasteiger partial charge in [0.1, 0.15) is 4.47 Å². The van der Waals surface area contributed by atoms with Gasteiger partial charge in [-0.05, 0) is 27.9 Å². The second-order valence-corrected chi connectivity index (χ2v) is 5.48. The molecule has 106 valence electrons. The van der Waals surface area contributed by atoms with Crippen LogP contribution < -0.4 is 0 Å². The van der Waals surface area contributed by atoms with Crippen molar-refractivity contribution in [1.29, 1.82) is 0 Å². The van der Waals surface area contributed by atoms with Crippen LogP contribution in [0.4, 0.5) is 5.69 Å². The first-order chi connectivity index (χ1) is 9.45. The maximum absolute atomic E-state index is 12.4. The molecule has 1 heterocycles. The normalized spacial score (nSPS) is 18.4. The molecule has 1 fully saturated rings. The molecular weight excluding hydrogens is 328 g/mol. The van der Waals surface area contributed by atoms with Crippen LogP contribution in [0.15, 0.2) is 22.7 Å². The van der Waals surface area contributed by atoms with Gasteiger partial charge in [0.2, 0.25) is 5.91 Å². The Morgan fingerprint density at radius 2 is 2.25 bits per heavy atom. The third kappa shape index (κ3) is 2.58. The van der Waals surface area contributed by atoms with Crippen molar-refractivity contribution >= 4 is 33.4 Å². The minimum absolute atomic E-state index is 0.114. The number of imide groups is 1. The number of hydrogen-bond donors (Lipinski definition) is 0. The van der Waals surface area contributed by atoms with E-state index in [0.717, 1.165) is 6.42 Å². The van der Waals surface area contributed by atoms with E-state index < -0.39 is 10.8 Å². The second kappa shape index (κ2) is 5.70. The van der Waals surface area contributed by atoms with Gasteiger partial charge in [-0.15, -0.1) is 0 Å². The maximum atomic E-state index is 12.4. The molecule has 1 saturated heterocycles. The highest BCUT2D eigenvalue weighted by Crippen LogP contribution is 2.31. The Labute approximate surface area is 124 Å². The quantitative estimate of drug-likeness (QED) is 0.481. The van der Waals surface area contributed by atoms with Crippen LogP contribution in [-0.2, 0) is 4.79 Å². The van der Waals surface area contributed by atoms with E-state index in [4.69, 9.17) is 0 Å². The minimum atomic E-state index is -0.568. The third-order valence-corrected chi connectivity index (χ3v) is 4.27. The van der Waals surface area contributed by atoms with Gasteiger partial charge in [-0.1, -0.05) is 19.4 Å². The highest BCUT2D eigenvalue weighted by molar-refractivity contribution is 9.10. The summed E-state index contributed by atoms with van der Waals surface area (Å²) in [6, 6.07) is 4.22. The molecular formula is C13H13BrN2O4. The van der Waals surface area contributed by atoms with Crippen LogP contribution in [0.25, 0.3) is 0 Å². The molecule has 1 aromatic carbocycles. The zero-order valence-electron chi connectivity index (χ0n) is 10.8. The van der Waals surface area contributed by atoms with Crippen LogP contribution in [0.3, 0.4) is 0 Å². The Morgan fingerprint density at radius 1 is 1.55 bits per heavy atom. The number of nitrogens with zero attached hydrogens (tertiary/aromatic N) is 2. The summed E-state index contributed by atoms with van der Waals surface area (Å²) < 4.78 is 0.114. The summed E-state index contributed by atoms with van der Waals surface area (Å²) in [6.07, 6.45) is 1.18. The Balaban J connectivity index is 2.33. The van der Waals surface area contributed by atoms with Crippen molar-refractivity contribution in [2.24, 2.45) is 5.92 Å². The van der Waals surface area contributed by atoms with E-state index in [-0.39, 0.29) is 27.5 Å². The third-order valence-electron chi connectivity index (χ3n) is 3.43. The lowest BCUT2D eigenvalue weighted by Crippen LogP contribution is -2.32. The van der Waals surface area contributed by atoms with E-state index in [9.17, 15) is 19.7 Å². The van der Waals surface area contributed by atoms with Crippen LogP contribution >= 0.6 is 15.9 Å². The van der Waals surface area contributed by atoms with Crippen LogP contribution in [0, 0.1) is 16.0 Å². The minimum Gasteiger partial charge on any atom is -0.278 e. The first-order valence-corrected chi connectivity index (χ1v) is 7.02. The first-order valence-electron chi connectivity index (χ1n) is 6.23. The van der Waals surface area contributed by atoms with Crippen molar-refractivity contribution in [1.82, 2.24) is 4.90 Å². The summed E-state index contributed by atoms with van der Waals surface area (Å²) in [5.41, 5.74) is -0.0427. The van der Waals surface area contributed by atoms with Gasteiger partial charge in [0.15, 0.2) is 0 Å². The summed E-state index contributed by atoms with van der Waals surface area (Å²) in [5, 5.41) is 10.9. The van der Waals surface area contributed by atoms with Crippen LogP contribution in [0.2, 0.25) is 0 Å². The number of nitro benzene ring substituents is 1. The molecule has 0 aromatic heterocycles. The number of carbonyl (C=O) groups is 2. The highest BCUT2D eigenvalue weighted by atomic mass is 79.9. The molecule has 1 unspecified atom stereocenters. The molecule has 1 aliphatic heterocycles. The van der Waals surface area contributed by atoms with Crippen LogP contribution in [0.1, 0.15) is 30.1 Å². The van der Waals surface area contributed by atoms with Gasteiger partial charge in [-0.2, -0.15) is 0 Å². The number of hydrogen-bond acceptors (Lipinski definition) is 4. The lowest BCUT2D eigenvalue weighted by molar-refractivity contribution is -0.385. The molecule has 2 rings (SSSR count). The molecule has 0 radical (unpaired) electrons. The zero-order valence-corrected chi connectivity index (χ0v) is 12.4. The predicted octanol–water partition coefficient (Wildman–Crippen LogP) is 2.76. The monoisotopic (exact) mass is 340 g/mol.